The lowest BCUT2D eigenvalue weighted by Crippen LogP contribution is -2.37. The highest BCUT2D eigenvalue weighted by atomic mass is 32.2. The number of halogens is 1. The molecule has 3 saturated carbocycles. The average Bonchev–Trinajstić information content (AvgIpc) is 3.35. The van der Waals surface area contributed by atoms with Crippen LogP contribution < -0.4 is 9.47 Å². The third-order valence-corrected chi connectivity index (χ3v) is 7.48. The van der Waals surface area contributed by atoms with E-state index in [0.717, 1.165) is 30.4 Å². The van der Waals surface area contributed by atoms with E-state index in [4.69, 9.17) is 14.2 Å². The van der Waals surface area contributed by atoms with Gasteiger partial charge in [0.1, 0.15) is 21.6 Å². The molecule has 2 bridgehead atoms. The van der Waals surface area contributed by atoms with Gasteiger partial charge in [0.25, 0.3) is 0 Å². The molecular weight excluding hydrogens is 427 g/mol. The molecule has 0 aliphatic heterocycles. The monoisotopic (exact) mass is 455 g/mol. The lowest BCUT2D eigenvalue weighted by Gasteiger charge is -2.35. The summed E-state index contributed by atoms with van der Waals surface area (Å²) in [5.74, 6) is -0.692. The molecule has 1 aromatic carbocycles. The summed E-state index contributed by atoms with van der Waals surface area (Å²) in [4.78, 5) is 11.6. The molecule has 172 valence electrons. The van der Waals surface area contributed by atoms with Crippen molar-refractivity contribution in [3.8, 4) is 11.5 Å². The van der Waals surface area contributed by atoms with Gasteiger partial charge in [0.2, 0.25) is 6.29 Å². The van der Waals surface area contributed by atoms with Gasteiger partial charge in [0, 0.05) is 12.0 Å². The van der Waals surface area contributed by atoms with Crippen molar-refractivity contribution >= 4 is 16.1 Å². The Labute approximate surface area is 182 Å². The molecule has 0 spiro atoms. The zero-order valence-corrected chi connectivity index (χ0v) is 18.5. The lowest BCUT2D eigenvalue weighted by atomic mass is 9.80. The number of fused-ring (bicyclic) bond motifs is 5. The summed E-state index contributed by atoms with van der Waals surface area (Å²) in [6, 6.07) is 3.39. The van der Waals surface area contributed by atoms with Crippen molar-refractivity contribution in [1.82, 2.24) is 0 Å². The van der Waals surface area contributed by atoms with Gasteiger partial charge in [-0.2, -0.15) is 0 Å². The first-order valence-electron chi connectivity index (χ1n) is 10.9. The highest BCUT2D eigenvalue weighted by molar-refractivity contribution is 7.86. The van der Waals surface area contributed by atoms with E-state index < -0.39 is 33.9 Å². The van der Waals surface area contributed by atoms with E-state index in [1.807, 2.05) is 13.8 Å². The summed E-state index contributed by atoms with van der Waals surface area (Å²) >= 11 is 0. The predicted octanol–water partition coefficient (Wildman–Crippen LogP) is 3.48. The van der Waals surface area contributed by atoms with Crippen LogP contribution in [0.5, 0.6) is 11.5 Å². The van der Waals surface area contributed by atoms with E-state index in [2.05, 4.69) is 0 Å². The van der Waals surface area contributed by atoms with Crippen LogP contribution in [0, 0.1) is 35.4 Å². The fourth-order valence-electron chi connectivity index (χ4n) is 5.72. The minimum atomic E-state index is -4.77. The zero-order chi connectivity index (χ0) is 22.3. The molecule has 6 atom stereocenters. The molecule has 9 heteroatoms. The van der Waals surface area contributed by atoms with Gasteiger partial charge in [-0.05, 0) is 61.5 Å². The smallest absolute Gasteiger partial charge is 0.325 e. The molecule has 0 aromatic heterocycles. The van der Waals surface area contributed by atoms with Crippen molar-refractivity contribution in [3.63, 3.8) is 0 Å². The first kappa shape index (κ1) is 22.5. The number of ether oxygens (including phenoxy) is 3. The molecule has 0 heterocycles. The Morgan fingerprint density at radius 2 is 1.94 bits per heavy atom. The van der Waals surface area contributed by atoms with Gasteiger partial charge < -0.3 is 18.8 Å². The Hall–Kier alpha value is -1.71. The van der Waals surface area contributed by atoms with Crippen molar-refractivity contribution in [2.45, 2.75) is 58.3 Å². The van der Waals surface area contributed by atoms with Crippen LogP contribution in [-0.4, -0.2) is 37.1 Å². The molecule has 7 nitrogen and oxygen atoms in total. The number of benzene rings is 1. The van der Waals surface area contributed by atoms with Gasteiger partial charge in [-0.25, -0.2) is 12.8 Å². The summed E-state index contributed by atoms with van der Waals surface area (Å²) < 4.78 is 63.5. The molecule has 3 fully saturated rings. The normalized spacial score (nSPS) is 30.4. The van der Waals surface area contributed by atoms with Crippen LogP contribution in [0.25, 0.3) is 0 Å². The maximum Gasteiger partial charge on any atom is 0.325 e. The third kappa shape index (κ3) is 5.04. The Kier molecular flexibility index (Phi) is 6.29. The van der Waals surface area contributed by atoms with Crippen molar-refractivity contribution in [2.75, 3.05) is 5.75 Å². The van der Waals surface area contributed by atoms with Crippen LogP contribution in [0.2, 0.25) is 0 Å². The largest absolute Gasteiger partial charge is 0.748 e. The van der Waals surface area contributed by atoms with Gasteiger partial charge in [-0.15, -0.1) is 0 Å². The lowest BCUT2D eigenvalue weighted by molar-refractivity contribution is -0.163. The van der Waals surface area contributed by atoms with Crippen LogP contribution in [0.4, 0.5) is 4.39 Å². The summed E-state index contributed by atoms with van der Waals surface area (Å²) in [6.45, 7) is 3.86. The number of hydrogen-bond donors (Lipinski definition) is 0. The van der Waals surface area contributed by atoms with E-state index in [1.54, 1.807) is 0 Å². The van der Waals surface area contributed by atoms with Crippen molar-refractivity contribution < 1.29 is 36.4 Å². The first-order chi connectivity index (χ1) is 14.6. The molecule has 31 heavy (non-hydrogen) atoms. The molecule has 0 amide bonds. The zero-order valence-electron chi connectivity index (χ0n) is 17.7. The molecule has 3 aliphatic rings. The fraction of sp³-hybridized carbons (Fsp3) is 0.682. The number of rotatable bonds is 8. The van der Waals surface area contributed by atoms with E-state index in [0.29, 0.717) is 11.8 Å². The summed E-state index contributed by atoms with van der Waals surface area (Å²) in [5, 5.41) is 0. The molecule has 6 unspecified atom stereocenters. The number of carbonyl (C=O) groups is 1. The molecule has 1 aromatic rings. The first-order valence-corrected chi connectivity index (χ1v) is 12.4. The van der Waals surface area contributed by atoms with E-state index in [-0.39, 0.29) is 23.5 Å². The van der Waals surface area contributed by atoms with Crippen molar-refractivity contribution in [3.05, 3.63) is 24.0 Å². The Morgan fingerprint density at radius 1 is 1.19 bits per heavy atom. The maximum absolute atomic E-state index is 14.4. The van der Waals surface area contributed by atoms with Gasteiger partial charge >= 0.3 is 5.97 Å². The molecule has 0 radical (unpaired) electrons. The Balaban J connectivity index is 1.43. The average molecular weight is 456 g/mol. The molecule has 3 aliphatic carbocycles. The Bertz CT molecular complexity index is 932. The summed E-state index contributed by atoms with van der Waals surface area (Å²) in [5.41, 5.74) is 0. The summed E-state index contributed by atoms with van der Waals surface area (Å²) in [7, 11) is -4.77. The molecule has 0 saturated heterocycles. The van der Waals surface area contributed by atoms with Crippen molar-refractivity contribution in [1.29, 1.82) is 0 Å². The second-order valence-corrected chi connectivity index (χ2v) is 10.7. The number of esters is 1. The van der Waals surface area contributed by atoms with Crippen LogP contribution in [0.15, 0.2) is 18.2 Å². The highest BCUT2D eigenvalue weighted by Gasteiger charge is 2.54. The van der Waals surface area contributed by atoms with E-state index in [1.165, 1.54) is 31.7 Å². The second-order valence-electron chi connectivity index (χ2n) is 9.33. The minimum Gasteiger partial charge on any atom is -0.748 e. The van der Waals surface area contributed by atoms with Crippen LogP contribution in [-0.2, 0) is 19.6 Å². The van der Waals surface area contributed by atoms with Crippen LogP contribution in [0.1, 0.15) is 46.0 Å². The van der Waals surface area contributed by atoms with Gasteiger partial charge in [-0.3, -0.25) is 4.79 Å². The van der Waals surface area contributed by atoms with Crippen LogP contribution >= 0.6 is 0 Å². The molecular formula is C22H28FO7S-. The quantitative estimate of drug-likeness (QED) is 0.256. The SMILES string of the molecule is CC(C)C(Oc1cc(OC(=O)CS(=O)(=O)[O-])ccc1F)OC1CC2CC1C1CCCC21. The maximum atomic E-state index is 14.4. The fourth-order valence-corrected chi connectivity index (χ4v) is 6.07. The van der Waals surface area contributed by atoms with Crippen LogP contribution in [0.3, 0.4) is 0 Å². The number of hydrogen-bond acceptors (Lipinski definition) is 7. The van der Waals surface area contributed by atoms with E-state index >= 15 is 0 Å². The Morgan fingerprint density at radius 3 is 2.65 bits per heavy atom. The van der Waals surface area contributed by atoms with Crippen molar-refractivity contribution in [2.24, 2.45) is 29.6 Å². The van der Waals surface area contributed by atoms with Gasteiger partial charge in [0.05, 0.1) is 6.10 Å². The van der Waals surface area contributed by atoms with Gasteiger partial charge in [0.15, 0.2) is 11.6 Å². The second kappa shape index (κ2) is 8.67. The minimum absolute atomic E-state index is 0.0466. The molecule has 4 rings (SSSR count). The number of carbonyl (C=O) groups excluding carboxylic acids is 1. The van der Waals surface area contributed by atoms with Gasteiger partial charge in [-0.1, -0.05) is 20.3 Å². The molecule has 0 N–H and O–H groups in total. The third-order valence-electron chi connectivity index (χ3n) is 6.89. The van der Waals surface area contributed by atoms with E-state index in [9.17, 15) is 22.2 Å². The topological polar surface area (TPSA) is 102 Å². The standard InChI is InChI=1S/C22H29FO7S/c1-12(2)22(29-19-9-13-8-17(19)16-5-3-4-15(13)16)30-20-10-14(6-7-18(20)23)28-21(24)11-31(25,26)27/h6-7,10,12-13,15-17,19,22H,3-5,8-9,11H2,1-2H3,(H,25,26,27)/p-1. The summed E-state index contributed by atoms with van der Waals surface area (Å²) in [6.07, 6.45) is 5.53. The highest BCUT2D eigenvalue weighted by Crippen LogP contribution is 2.59. The predicted molar refractivity (Wildman–Crippen MR) is 108 cm³/mol.